The van der Waals surface area contributed by atoms with Crippen molar-refractivity contribution in [3.8, 4) is 5.75 Å². The zero-order valence-corrected chi connectivity index (χ0v) is 15.3. The van der Waals surface area contributed by atoms with Gasteiger partial charge in [0.15, 0.2) is 0 Å². The minimum atomic E-state index is -0.460. The Morgan fingerprint density at radius 3 is 2.33 bits per heavy atom. The first-order chi connectivity index (χ1) is 13.3. The van der Waals surface area contributed by atoms with Crippen LogP contribution < -0.4 is 10.1 Å². The van der Waals surface area contributed by atoms with Crippen LogP contribution in [-0.2, 0) is 13.2 Å². The van der Waals surface area contributed by atoms with Gasteiger partial charge in [-0.3, -0.25) is 0 Å². The second-order valence-electron chi connectivity index (χ2n) is 6.01. The fourth-order valence-corrected chi connectivity index (χ4v) is 2.54. The van der Waals surface area contributed by atoms with Crippen LogP contribution in [0.1, 0.15) is 23.7 Å². The predicted molar refractivity (Wildman–Crippen MR) is 106 cm³/mol. The molecule has 27 heavy (non-hydrogen) atoms. The maximum atomic E-state index is 12.3. The molecule has 2 aromatic carbocycles. The Hall–Kier alpha value is -3.15. The summed E-state index contributed by atoms with van der Waals surface area (Å²) in [5.41, 5.74) is 4.04. The first kappa shape index (κ1) is 18.6. The van der Waals surface area contributed by atoms with Crippen molar-refractivity contribution in [2.45, 2.75) is 20.1 Å². The Bertz CT molecular complexity index is 857. The smallest absolute Gasteiger partial charge is 0.134 e. The molecular formula is C21H23FN4O. The monoisotopic (exact) mass is 366 g/mol. The minimum absolute atomic E-state index is 0.214. The number of hydrogen-bond donors (Lipinski definition) is 1. The number of rotatable bonds is 9. The summed E-state index contributed by atoms with van der Waals surface area (Å²) in [6.45, 7) is 3.06. The van der Waals surface area contributed by atoms with Crippen LogP contribution in [0.25, 0.3) is 12.2 Å². The second kappa shape index (κ2) is 9.52. The number of anilines is 1. The Morgan fingerprint density at radius 2 is 1.70 bits per heavy atom. The minimum Gasteiger partial charge on any atom is -0.487 e. The van der Waals surface area contributed by atoms with E-state index in [2.05, 4.69) is 59.0 Å². The van der Waals surface area contributed by atoms with Gasteiger partial charge in [0.25, 0.3) is 0 Å². The van der Waals surface area contributed by atoms with Crippen LogP contribution >= 0.6 is 0 Å². The van der Waals surface area contributed by atoms with Crippen molar-refractivity contribution in [1.82, 2.24) is 15.0 Å². The molecule has 140 valence electrons. The molecule has 0 radical (unpaired) electrons. The predicted octanol–water partition coefficient (Wildman–Crippen LogP) is 4.43. The van der Waals surface area contributed by atoms with Crippen LogP contribution in [0.5, 0.6) is 5.75 Å². The summed E-state index contributed by atoms with van der Waals surface area (Å²) in [7, 11) is 0. The normalized spacial score (nSPS) is 11.0. The molecule has 3 rings (SSSR count). The first-order valence-corrected chi connectivity index (χ1v) is 8.96. The van der Waals surface area contributed by atoms with Crippen LogP contribution in [0.4, 0.5) is 10.1 Å². The van der Waals surface area contributed by atoms with Gasteiger partial charge in [0, 0.05) is 12.2 Å². The summed E-state index contributed by atoms with van der Waals surface area (Å²) < 4.78 is 19.4. The summed E-state index contributed by atoms with van der Waals surface area (Å²) in [6.07, 6.45) is 5.83. The summed E-state index contributed by atoms with van der Waals surface area (Å²) in [6, 6.07) is 16.1. The van der Waals surface area contributed by atoms with Crippen LogP contribution in [0.2, 0.25) is 0 Å². The van der Waals surface area contributed by atoms with E-state index in [1.54, 1.807) is 6.20 Å². The third-order valence-electron chi connectivity index (χ3n) is 3.93. The van der Waals surface area contributed by atoms with Gasteiger partial charge in [-0.2, -0.15) is 0 Å². The number of hydrogen-bond acceptors (Lipinski definition) is 4. The summed E-state index contributed by atoms with van der Waals surface area (Å²) in [5.74, 6) is 0.752. The van der Waals surface area contributed by atoms with Crippen LogP contribution in [-0.4, -0.2) is 28.2 Å². The van der Waals surface area contributed by atoms with Crippen LogP contribution in [0.15, 0.2) is 54.7 Å². The highest BCUT2D eigenvalue weighted by atomic mass is 19.1. The van der Waals surface area contributed by atoms with Crippen molar-refractivity contribution >= 4 is 17.8 Å². The number of alkyl halides is 1. The molecule has 0 unspecified atom stereocenters. The lowest BCUT2D eigenvalue weighted by molar-refractivity contribution is 0.301. The van der Waals surface area contributed by atoms with Crippen molar-refractivity contribution in [3.63, 3.8) is 0 Å². The molecule has 6 heteroatoms. The number of benzene rings is 2. The fraction of sp³-hybridized carbons (Fsp3) is 0.238. The van der Waals surface area contributed by atoms with Gasteiger partial charge in [-0.25, -0.2) is 9.07 Å². The van der Waals surface area contributed by atoms with Crippen molar-refractivity contribution in [2.24, 2.45) is 0 Å². The number of aryl methyl sites for hydroxylation is 1. The highest BCUT2D eigenvalue weighted by Gasteiger charge is 2.02. The average Bonchev–Trinajstić information content (AvgIpc) is 3.15. The summed E-state index contributed by atoms with van der Waals surface area (Å²) >= 11 is 0. The lowest BCUT2D eigenvalue weighted by Gasteiger charge is -2.04. The Balaban J connectivity index is 1.53. The molecule has 5 nitrogen and oxygen atoms in total. The van der Waals surface area contributed by atoms with Gasteiger partial charge in [0.1, 0.15) is 24.7 Å². The second-order valence-corrected chi connectivity index (χ2v) is 6.01. The van der Waals surface area contributed by atoms with Crippen molar-refractivity contribution in [1.29, 1.82) is 0 Å². The molecule has 0 spiro atoms. The third kappa shape index (κ3) is 5.67. The largest absolute Gasteiger partial charge is 0.487 e. The SMILES string of the molecule is CCNc1ccc(/C=C/c2ccc(OCc3cn(CCF)nn3)cc2)cc1. The van der Waals surface area contributed by atoms with Gasteiger partial charge >= 0.3 is 0 Å². The standard InChI is InChI=1S/C21H23FN4O/c1-2-23-19-9-5-17(6-10-19)3-4-18-7-11-21(12-8-18)27-16-20-15-26(14-13-22)25-24-20/h3-12,15,23H,2,13-14,16H2,1H3/b4-3+. The molecule has 0 fully saturated rings. The van der Waals surface area contributed by atoms with E-state index in [9.17, 15) is 4.39 Å². The van der Waals surface area contributed by atoms with Crippen LogP contribution in [0, 0.1) is 0 Å². The Kier molecular flexibility index (Phi) is 6.57. The van der Waals surface area contributed by atoms with E-state index in [0.29, 0.717) is 12.3 Å². The van der Waals surface area contributed by atoms with E-state index >= 15 is 0 Å². The van der Waals surface area contributed by atoms with E-state index in [1.807, 2.05) is 24.3 Å². The maximum Gasteiger partial charge on any atom is 0.134 e. The Labute approximate surface area is 158 Å². The third-order valence-corrected chi connectivity index (χ3v) is 3.93. The lowest BCUT2D eigenvalue weighted by Crippen LogP contribution is -1.99. The zero-order chi connectivity index (χ0) is 18.9. The number of ether oxygens (including phenoxy) is 1. The molecule has 3 aromatic rings. The highest BCUT2D eigenvalue weighted by Crippen LogP contribution is 2.16. The average molecular weight is 366 g/mol. The van der Waals surface area contributed by atoms with E-state index in [-0.39, 0.29) is 6.54 Å². The topological polar surface area (TPSA) is 52.0 Å². The van der Waals surface area contributed by atoms with Crippen molar-refractivity contribution < 1.29 is 9.13 Å². The number of nitrogens with one attached hydrogen (secondary N) is 1. The molecule has 0 aliphatic rings. The van der Waals surface area contributed by atoms with Crippen molar-refractivity contribution in [3.05, 3.63) is 71.5 Å². The molecule has 0 atom stereocenters. The maximum absolute atomic E-state index is 12.3. The molecule has 0 aliphatic heterocycles. The van der Waals surface area contributed by atoms with E-state index in [1.165, 1.54) is 4.68 Å². The molecule has 0 bridgehead atoms. The lowest BCUT2D eigenvalue weighted by atomic mass is 10.1. The summed E-state index contributed by atoms with van der Waals surface area (Å²) in [5, 5.41) is 11.1. The molecule has 1 aromatic heterocycles. The molecule has 0 saturated heterocycles. The van der Waals surface area contributed by atoms with Gasteiger partial charge in [0.05, 0.1) is 12.7 Å². The molecule has 0 amide bonds. The first-order valence-electron chi connectivity index (χ1n) is 8.96. The highest BCUT2D eigenvalue weighted by molar-refractivity contribution is 5.70. The molecular weight excluding hydrogens is 343 g/mol. The number of halogens is 1. The quantitative estimate of drug-likeness (QED) is 0.569. The fourth-order valence-electron chi connectivity index (χ4n) is 2.54. The molecule has 1 heterocycles. The zero-order valence-electron chi connectivity index (χ0n) is 15.3. The van der Waals surface area contributed by atoms with Gasteiger partial charge in [-0.1, -0.05) is 41.6 Å². The number of aromatic nitrogens is 3. The number of nitrogens with zero attached hydrogens (tertiary/aromatic N) is 3. The van der Waals surface area contributed by atoms with Gasteiger partial charge < -0.3 is 10.1 Å². The van der Waals surface area contributed by atoms with Gasteiger partial charge in [-0.15, -0.1) is 5.10 Å². The van der Waals surface area contributed by atoms with E-state index < -0.39 is 6.67 Å². The van der Waals surface area contributed by atoms with Crippen molar-refractivity contribution in [2.75, 3.05) is 18.5 Å². The van der Waals surface area contributed by atoms with Gasteiger partial charge in [0.2, 0.25) is 0 Å². The Morgan fingerprint density at radius 1 is 1.04 bits per heavy atom. The van der Waals surface area contributed by atoms with Gasteiger partial charge in [-0.05, 0) is 42.3 Å². The van der Waals surface area contributed by atoms with Crippen LogP contribution in [0.3, 0.4) is 0 Å². The molecule has 0 saturated carbocycles. The van der Waals surface area contributed by atoms with E-state index in [0.717, 1.165) is 29.1 Å². The summed E-state index contributed by atoms with van der Waals surface area (Å²) in [4.78, 5) is 0. The molecule has 0 aliphatic carbocycles. The van der Waals surface area contributed by atoms with E-state index in [4.69, 9.17) is 4.74 Å². The molecule has 1 N–H and O–H groups in total.